The SMILES string of the molecule is O=C(CCc1ccc2c(c1)CCO2)c1c(F)cccc1F. The Labute approximate surface area is 121 Å². The molecule has 0 radical (unpaired) electrons. The van der Waals surface area contributed by atoms with Crippen LogP contribution in [0.5, 0.6) is 5.75 Å². The van der Waals surface area contributed by atoms with E-state index in [-0.39, 0.29) is 6.42 Å². The van der Waals surface area contributed by atoms with E-state index in [4.69, 9.17) is 4.74 Å². The zero-order valence-corrected chi connectivity index (χ0v) is 11.4. The molecule has 0 unspecified atom stereocenters. The van der Waals surface area contributed by atoms with Gasteiger partial charge >= 0.3 is 0 Å². The number of halogens is 2. The Morgan fingerprint density at radius 2 is 1.90 bits per heavy atom. The van der Waals surface area contributed by atoms with Crippen molar-refractivity contribution in [1.82, 2.24) is 0 Å². The standard InChI is InChI=1S/C17H14F2O2/c18-13-2-1-3-14(19)17(13)15(20)6-4-11-5-7-16-12(10-11)8-9-21-16/h1-3,5,7,10H,4,6,8-9H2. The maximum Gasteiger partial charge on any atom is 0.169 e. The summed E-state index contributed by atoms with van der Waals surface area (Å²) in [6, 6.07) is 9.21. The van der Waals surface area contributed by atoms with Gasteiger partial charge in [0.05, 0.1) is 12.2 Å². The average molecular weight is 288 g/mol. The first-order chi connectivity index (χ1) is 10.1. The van der Waals surface area contributed by atoms with Crippen LogP contribution in [0.15, 0.2) is 36.4 Å². The van der Waals surface area contributed by atoms with Crippen LogP contribution in [0.3, 0.4) is 0 Å². The van der Waals surface area contributed by atoms with Crippen LogP contribution in [0.4, 0.5) is 8.78 Å². The Hall–Kier alpha value is -2.23. The van der Waals surface area contributed by atoms with Crippen LogP contribution in [-0.2, 0) is 12.8 Å². The number of ether oxygens (including phenoxy) is 1. The lowest BCUT2D eigenvalue weighted by Gasteiger charge is -2.06. The van der Waals surface area contributed by atoms with E-state index in [0.717, 1.165) is 35.4 Å². The molecule has 2 aromatic rings. The molecule has 0 atom stereocenters. The van der Waals surface area contributed by atoms with E-state index in [1.807, 2.05) is 18.2 Å². The molecule has 0 aromatic heterocycles. The second-order valence-electron chi connectivity index (χ2n) is 5.06. The molecule has 0 aliphatic carbocycles. The maximum absolute atomic E-state index is 13.5. The van der Waals surface area contributed by atoms with Crippen molar-refractivity contribution in [1.29, 1.82) is 0 Å². The summed E-state index contributed by atoms with van der Waals surface area (Å²) in [7, 11) is 0. The number of carbonyl (C=O) groups is 1. The van der Waals surface area contributed by atoms with Crippen LogP contribution in [0.25, 0.3) is 0 Å². The molecule has 1 aliphatic rings. The topological polar surface area (TPSA) is 26.3 Å². The number of aryl methyl sites for hydroxylation is 1. The second-order valence-corrected chi connectivity index (χ2v) is 5.06. The van der Waals surface area contributed by atoms with Crippen molar-refractivity contribution < 1.29 is 18.3 Å². The predicted molar refractivity (Wildman–Crippen MR) is 74.7 cm³/mol. The Kier molecular flexibility index (Phi) is 3.69. The lowest BCUT2D eigenvalue weighted by atomic mass is 10.00. The van der Waals surface area contributed by atoms with Gasteiger partial charge in [-0.1, -0.05) is 18.2 Å². The molecular formula is C17H14F2O2. The van der Waals surface area contributed by atoms with Gasteiger partial charge in [0.15, 0.2) is 5.78 Å². The van der Waals surface area contributed by atoms with Gasteiger partial charge in [0.2, 0.25) is 0 Å². The first-order valence-corrected chi connectivity index (χ1v) is 6.87. The smallest absolute Gasteiger partial charge is 0.169 e. The Morgan fingerprint density at radius 1 is 1.14 bits per heavy atom. The third-order valence-corrected chi connectivity index (χ3v) is 3.64. The van der Waals surface area contributed by atoms with E-state index in [2.05, 4.69) is 0 Å². The first-order valence-electron chi connectivity index (χ1n) is 6.87. The fraction of sp³-hybridized carbons (Fsp3) is 0.235. The molecule has 2 nitrogen and oxygen atoms in total. The van der Waals surface area contributed by atoms with Gasteiger partial charge < -0.3 is 4.74 Å². The summed E-state index contributed by atoms with van der Waals surface area (Å²) in [5.74, 6) is -1.24. The fourth-order valence-electron chi connectivity index (χ4n) is 2.54. The van der Waals surface area contributed by atoms with Crippen molar-refractivity contribution >= 4 is 5.78 Å². The number of fused-ring (bicyclic) bond motifs is 1. The van der Waals surface area contributed by atoms with Gasteiger partial charge in [-0.15, -0.1) is 0 Å². The van der Waals surface area contributed by atoms with Crippen LogP contribution in [0.1, 0.15) is 27.9 Å². The summed E-state index contributed by atoms with van der Waals surface area (Å²) in [6.07, 6.45) is 1.40. The molecule has 0 amide bonds. The number of benzene rings is 2. The van der Waals surface area contributed by atoms with Gasteiger partial charge in [-0.2, -0.15) is 0 Å². The Balaban J connectivity index is 1.71. The number of hydrogen-bond acceptors (Lipinski definition) is 2. The molecule has 4 heteroatoms. The minimum Gasteiger partial charge on any atom is -0.493 e. The monoisotopic (exact) mass is 288 g/mol. The van der Waals surface area contributed by atoms with E-state index in [1.54, 1.807) is 0 Å². The molecule has 0 saturated heterocycles. The van der Waals surface area contributed by atoms with Gasteiger partial charge in [-0.25, -0.2) is 8.78 Å². The molecule has 0 bridgehead atoms. The summed E-state index contributed by atoms with van der Waals surface area (Å²) in [5.41, 5.74) is 1.66. The van der Waals surface area contributed by atoms with Crippen LogP contribution in [0.2, 0.25) is 0 Å². The molecule has 0 saturated carbocycles. The molecule has 1 aliphatic heterocycles. The Morgan fingerprint density at radius 3 is 2.67 bits per heavy atom. The first kappa shape index (κ1) is 13.7. The van der Waals surface area contributed by atoms with Gasteiger partial charge in [0.1, 0.15) is 17.4 Å². The summed E-state index contributed by atoms with van der Waals surface area (Å²) in [6.45, 7) is 0.679. The van der Waals surface area contributed by atoms with E-state index in [1.165, 1.54) is 6.07 Å². The van der Waals surface area contributed by atoms with Gasteiger partial charge in [0.25, 0.3) is 0 Å². The minimum absolute atomic E-state index is 0.0809. The summed E-state index contributed by atoms with van der Waals surface area (Å²) >= 11 is 0. The van der Waals surface area contributed by atoms with E-state index < -0.39 is 23.0 Å². The van der Waals surface area contributed by atoms with Gasteiger partial charge in [-0.3, -0.25) is 4.79 Å². The third kappa shape index (κ3) is 2.79. The van der Waals surface area contributed by atoms with E-state index in [0.29, 0.717) is 13.0 Å². The largest absolute Gasteiger partial charge is 0.493 e. The molecule has 108 valence electrons. The highest BCUT2D eigenvalue weighted by molar-refractivity contribution is 5.96. The third-order valence-electron chi connectivity index (χ3n) is 3.64. The predicted octanol–water partition coefficient (Wildman–Crippen LogP) is 3.72. The summed E-state index contributed by atoms with van der Waals surface area (Å²) in [4.78, 5) is 12.0. The number of hydrogen-bond donors (Lipinski definition) is 0. The highest BCUT2D eigenvalue weighted by Crippen LogP contribution is 2.26. The van der Waals surface area contributed by atoms with Gasteiger partial charge in [0, 0.05) is 12.8 Å². The van der Waals surface area contributed by atoms with E-state index in [9.17, 15) is 13.6 Å². The molecule has 0 fully saturated rings. The number of carbonyl (C=O) groups excluding carboxylic acids is 1. The van der Waals surface area contributed by atoms with E-state index >= 15 is 0 Å². The Bertz CT molecular complexity index is 675. The number of ketones is 1. The van der Waals surface area contributed by atoms with Crippen molar-refractivity contribution in [2.45, 2.75) is 19.3 Å². The molecule has 2 aromatic carbocycles. The zero-order valence-electron chi connectivity index (χ0n) is 11.4. The molecule has 3 rings (SSSR count). The average Bonchev–Trinajstić information content (AvgIpc) is 2.92. The number of rotatable bonds is 4. The van der Waals surface area contributed by atoms with Gasteiger partial charge in [-0.05, 0) is 35.7 Å². The molecule has 0 N–H and O–H groups in total. The fourth-order valence-corrected chi connectivity index (χ4v) is 2.54. The lowest BCUT2D eigenvalue weighted by molar-refractivity contribution is 0.0974. The van der Waals surface area contributed by atoms with Crippen molar-refractivity contribution in [3.05, 3.63) is 64.7 Å². The molecule has 1 heterocycles. The van der Waals surface area contributed by atoms with Crippen LogP contribution in [0, 0.1) is 11.6 Å². The van der Waals surface area contributed by atoms with Crippen molar-refractivity contribution in [2.24, 2.45) is 0 Å². The normalized spacial score (nSPS) is 12.9. The van der Waals surface area contributed by atoms with Crippen LogP contribution >= 0.6 is 0 Å². The highest BCUT2D eigenvalue weighted by atomic mass is 19.1. The van der Waals surface area contributed by atoms with Crippen molar-refractivity contribution in [2.75, 3.05) is 6.61 Å². The van der Waals surface area contributed by atoms with Crippen molar-refractivity contribution in [3.63, 3.8) is 0 Å². The lowest BCUT2D eigenvalue weighted by Crippen LogP contribution is -2.07. The second kappa shape index (κ2) is 5.64. The molecule has 21 heavy (non-hydrogen) atoms. The minimum atomic E-state index is -0.803. The summed E-state index contributed by atoms with van der Waals surface area (Å²) < 4.78 is 32.5. The zero-order chi connectivity index (χ0) is 14.8. The quantitative estimate of drug-likeness (QED) is 0.802. The molecule has 0 spiro atoms. The van der Waals surface area contributed by atoms with Crippen LogP contribution in [-0.4, -0.2) is 12.4 Å². The molecular weight excluding hydrogens is 274 g/mol. The number of Topliss-reactive ketones (excluding diaryl/α,β-unsaturated/α-hetero) is 1. The highest BCUT2D eigenvalue weighted by Gasteiger charge is 2.17. The van der Waals surface area contributed by atoms with Crippen LogP contribution < -0.4 is 4.74 Å². The maximum atomic E-state index is 13.5. The summed E-state index contributed by atoms with van der Waals surface area (Å²) in [5, 5.41) is 0. The van der Waals surface area contributed by atoms with Crippen molar-refractivity contribution in [3.8, 4) is 5.75 Å².